The van der Waals surface area contributed by atoms with Gasteiger partial charge >= 0.3 is 0 Å². The molecule has 0 spiro atoms. The van der Waals surface area contributed by atoms with Gasteiger partial charge in [0.15, 0.2) is 0 Å². The van der Waals surface area contributed by atoms with Gasteiger partial charge in [0.05, 0.1) is 5.56 Å². The fourth-order valence-corrected chi connectivity index (χ4v) is 2.52. The molecule has 1 aliphatic heterocycles. The van der Waals surface area contributed by atoms with Crippen molar-refractivity contribution in [1.29, 1.82) is 0 Å². The molecular weight excluding hydrogens is 255 g/mol. The van der Waals surface area contributed by atoms with E-state index in [1.807, 2.05) is 6.92 Å². The molecule has 1 amide bonds. The molecule has 0 aliphatic carbocycles. The molecule has 2 rings (SSSR count). The summed E-state index contributed by atoms with van der Waals surface area (Å²) in [5.74, 6) is 0.0266. The predicted octanol–water partition coefficient (Wildman–Crippen LogP) is 2.60. The highest BCUT2D eigenvalue weighted by molar-refractivity contribution is 5.94. The third kappa shape index (κ3) is 4.04. The summed E-state index contributed by atoms with van der Waals surface area (Å²) in [5, 5.41) is 2.80. The van der Waals surface area contributed by atoms with Gasteiger partial charge in [0.2, 0.25) is 0 Å². The zero-order chi connectivity index (χ0) is 14.5. The van der Waals surface area contributed by atoms with Crippen molar-refractivity contribution in [1.82, 2.24) is 10.2 Å². The van der Waals surface area contributed by atoms with Crippen LogP contribution in [-0.4, -0.2) is 37.0 Å². The molecule has 1 aromatic carbocycles. The minimum atomic E-state index is -0.458. The first-order valence-electron chi connectivity index (χ1n) is 7.33. The largest absolute Gasteiger partial charge is 0.351 e. The summed E-state index contributed by atoms with van der Waals surface area (Å²) in [4.78, 5) is 14.3. The molecule has 1 saturated heterocycles. The van der Waals surface area contributed by atoms with Gasteiger partial charge in [-0.2, -0.15) is 0 Å². The molecule has 3 nitrogen and oxygen atoms in total. The summed E-state index contributed by atoms with van der Waals surface area (Å²) >= 11 is 0. The molecule has 1 N–H and O–H groups in total. The van der Waals surface area contributed by atoms with E-state index in [0.29, 0.717) is 6.54 Å². The molecule has 4 heteroatoms. The Morgan fingerprint density at radius 3 is 2.80 bits per heavy atom. The van der Waals surface area contributed by atoms with Crippen molar-refractivity contribution in [3.8, 4) is 0 Å². The number of carbonyl (C=O) groups is 1. The number of likely N-dealkylation sites (tertiary alicyclic amines) is 1. The van der Waals surface area contributed by atoms with E-state index < -0.39 is 5.82 Å². The normalized spacial score (nSPS) is 17.1. The molecule has 0 unspecified atom stereocenters. The molecule has 0 atom stereocenters. The molecule has 20 heavy (non-hydrogen) atoms. The van der Waals surface area contributed by atoms with Crippen LogP contribution in [0.5, 0.6) is 0 Å². The van der Waals surface area contributed by atoms with Crippen LogP contribution in [0.4, 0.5) is 4.39 Å². The number of nitrogens with zero attached hydrogens (tertiary/aromatic N) is 1. The van der Waals surface area contributed by atoms with E-state index in [0.717, 1.165) is 31.1 Å². The molecule has 1 aliphatic rings. The zero-order valence-electron chi connectivity index (χ0n) is 12.3. The van der Waals surface area contributed by atoms with Crippen LogP contribution in [0.2, 0.25) is 0 Å². The number of halogens is 1. The van der Waals surface area contributed by atoms with Crippen LogP contribution < -0.4 is 5.32 Å². The molecule has 0 aromatic heterocycles. The molecule has 0 radical (unpaired) electrons. The van der Waals surface area contributed by atoms with Crippen LogP contribution in [0.15, 0.2) is 18.2 Å². The molecule has 0 saturated carbocycles. The van der Waals surface area contributed by atoms with Crippen LogP contribution >= 0.6 is 0 Å². The SMILES string of the molecule is Cc1ccc(F)c(C(=O)NCCN2CCC(C)CC2)c1. The van der Waals surface area contributed by atoms with Crippen LogP contribution in [0, 0.1) is 18.7 Å². The van der Waals surface area contributed by atoms with Crippen LogP contribution in [0.3, 0.4) is 0 Å². The lowest BCUT2D eigenvalue weighted by molar-refractivity contribution is 0.0940. The van der Waals surface area contributed by atoms with Crippen LogP contribution in [0.25, 0.3) is 0 Å². The first-order chi connectivity index (χ1) is 9.56. The molecule has 0 bridgehead atoms. The number of piperidine rings is 1. The lowest BCUT2D eigenvalue weighted by atomic mass is 9.99. The van der Waals surface area contributed by atoms with E-state index in [1.54, 1.807) is 12.1 Å². The van der Waals surface area contributed by atoms with Gasteiger partial charge in [0.25, 0.3) is 5.91 Å². The second-order valence-electron chi connectivity index (χ2n) is 5.76. The lowest BCUT2D eigenvalue weighted by Crippen LogP contribution is -2.39. The molecule has 1 heterocycles. The van der Waals surface area contributed by atoms with Crippen molar-refractivity contribution in [2.24, 2.45) is 5.92 Å². The third-order valence-corrected chi connectivity index (χ3v) is 3.96. The topological polar surface area (TPSA) is 32.3 Å². The van der Waals surface area contributed by atoms with E-state index in [2.05, 4.69) is 17.1 Å². The Morgan fingerprint density at radius 2 is 2.10 bits per heavy atom. The Labute approximate surface area is 120 Å². The fourth-order valence-electron chi connectivity index (χ4n) is 2.52. The van der Waals surface area contributed by atoms with Gasteiger partial charge in [-0.05, 0) is 50.9 Å². The Morgan fingerprint density at radius 1 is 1.40 bits per heavy atom. The number of carbonyl (C=O) groups excluding carboxylic acids is 1. The Kier molecular flexibility index (Phi) is 5.12. The monoisotopic (exact) mass is 278 g/mol. The summed E-state index contributed by atoms with van der Waals surface area (Å²) < 4.78 is 13.6. The van der Waals surface area contributed by atoms with E-state index in [9.17, 15) is 9.18 Å². The predicted molar refractivity (Wildman–Crippen MR) is 78.3 cm³/mol. The van der Waals surface area contributed by atoms with Gasteiger partial charge in [-0.25, -0.2) is 4.39 Å². The average Bonchev–Trinajstić information content (AvgIpc) is 2.43. The molecular formula is C16H23FN2O. The summed E-state index contributed by atoms with van der Waals surface area (Å²) in [6.07, 6.45) is 2.45. The maximum Gasteiger partial charge on any atom is 0.254 e. The summed E-state index contributed by atoms with van der Waals surface area (Å²) in [7, 11) is 0. The van der Waals surface area contributed by atoms with E-state index in [1.165, 1.54) is 18.9 Å². The quantitative estimate of drug-likeness (QED) is 0.918. The highest BCUT2D eigenvalue weighted by Gasteiger charge is 2.16. The van der Waals surface area contributed by atoms with Crippen molar-refractivity contribution < 1.29 is 9.18 Å². The summed E-state index contributed by atoms with van der Waals surface area (Å²) in [6, 6.07) is 4.60. The highest BCUT2D eigenvalue weighted by Crippen LogP contribution is 2.15. The fraction of sp³-hybridized carbons (Fsp3) is 0.562. The van der Waals surface area contributed by atoms with Crippen molar-refractivity contribution in [2.75, 3.05) is 26.2 Å². The summed E-state index contributed by atoms with van der Waals surface area (Å²) in [6.45, 7) is 7.73. The zero-order valence-corrected chi connectivity index (χ0v) is 12.3. The highest BCUT2D eigenvalue weighted by atomic mass is 19.1. The maximum absolute atomic E-state index is 13.6. The minimum absolute atomic E-state index is 0.136. The number of benzene rings is 1. The molecule has 1 fully saturated rings. The number of hydrogen-bond acceptors (Lipinski definition) is 2. The van der Waals surface area contributed by atoms with E-state index in [4.69, 9.17) is 0 Å². The first kappa shape index (κ1) is 15.0. The number of rotatable bonds is 4. The van der Waals surface area contributed by atoms with Gasteiger partial charge in [-0.1, -0.05) is 18.6 Å². The number of amides is 1. The van der Waals surface area contributed by atoms with Crippen LogP contribution in [0.1, 0.15) is 35.7 Å². The minimum Gasteiger partial charge on any atom is -0.351 e. The van der Waals surface area contributed by atoms with Gasteiger partial charge in [0.1, 0.15) is 5.82 Å². The van der Waals surface area contributed by atoms with Crippen molar-refractivity contribution in [3.63, 3.8) is 0 Å². The second kappa shape index (κ2) is 6.84. The average molecular weight is 278 g/mol. The Hall–Kier alpha value is -1.42. The maximum atomic E-state index is 13.6. The van der Waals surface area contributed by atoms with Crippen molar-refractivity contribution in [3.05, 3.63) is 35.1 Å². The smallest absolute Gasteiger partial charge is 0.254 e. The van der Waals surface area contributed by atoms with Gasteiger partial charge in [-0.15, -0.1) is 0 Å². The number of hydrogen-bond donors (Lipinski definition) is 1. The molecule has 110 valence electrons. The number of nitrogens with one attached hydrogen (secondary N) is 1. The van der Waals surface area contributed by atoms with Crippen molar-refractivity contribution in [2.45, 2.75) is 26.7 Å². The standard InChI is InChI=1S/C16H23FN2O/c1-12-5-8-19(9-6-12)10-7-18-16(20)14-11-13(2)3-4-15(14)17/h3-4,11-12H,5-10H2,1-2H3,(H,18,20). The third-order valence-electron chi connectivity index (χ3n) is 3.96. The van der Waals surface area contributed by atoms with Crippen LogP contribution in [-0.2, 0) is 0 Å². The first-order valence-corrected chi connectivity index (χ1v) is 7.33. The molecule has 1 aromatic rings. The Bertz CT molecular complexity index is 468. The lowest BCUT2D eigenvalue weighted by Gasteiger charge is -2.30. The second-order valence-corrected chi connectivity index (χ2v) is 5.76. The summed E-state index contributed by atoms with van der Waals surface area (Å²) in [5.41, 5.74) is 1.03. The number of aryl methyl sites for hydroxylation is 1. The Balaban J connectivity index is 1.79. The van der Waals surface area contributed by atoms with E-state index in [-0.39, 0.29) is 11.5 Å². The van der Waals surface area contributed by atoms with E-state index >= 15 is 0 Å². The van der Waals surface area contributed by atoms with Gasteiger partial charge in [-0.3, -0.25) is 4.79 Å². The van der Waals surface area contributed by atoms with Crippen molar-refractivity contribution >= 4 is 5.91 Å². The van der Waals surface area contributed by atoms with Gasteiger partial charge in [0, 0.05) is 13.1 Å². The van der Waals surface area contributed by atoms with Gasteiger partial charge < -0.3 is 10.2 Å².